The van der Waals surface area contributed by atoms with E-state index in [1.165, 1.54) is 17.2 Å². The molecule has 0 unspecified atom stereocenters. The molecule has 7 nitrogen and oxygen atoms in total. The van der Waals surface area contributed by atoms with Crippen LogP contribution in [0.2, 0.25) is 5.15 Å². The maximum atomic E-state index is 11.4. The van der Waals surface area contributed by atoms with Crippen molar-refractivity contribution in [3.8, 4) is 0 Å². The summed E-state index contributed by atoms with van der Waals surface area (Å²) in [5.74, 6) is 0. The van der Waals surface area contributed by atoms with Gasteiger partial charge in [0.25, 0.3) is 0 Å². The Balaban J connectivity index is 2.17. The van der Waals surface area contributed by atoms with Gasteiger partial charge >= 0.3 is 11.8 Å². The van der Waals surface area contributed by atoms with Crippen molar-refractivity contribution in [3.63, 3.8) is 0 Å². The van der Waals surface area contributed by atoms with Crippen LogP contribution in [0.15, 0.2) is 12.3 Å². The van der Waals surface area contributed by atoms with Crippen LogP contribution < -0.4 is 0 Å². The number of cyclic esters (lactones) is 1. The van der Waals surface area contributed by atoms with Crippen LogP contribution in [0.3, 0.4) is 0 Å². The van der Waals surface area contributed by atoms with Crippen molar-refractivity contribution in [3.05, 3.63) is 33.1 Å². The Labute approximate surface area is 107 Å². The highest BCUT2D eigenvalue weighted by Gasteiger charge is 2.28. The molecule has 1 aromatic rings. The zero-order valence-electron chi connectivity index (χ0n) is 9.50. The molecule has 2 rings (SSSR count). The van der Waals surface area contributed by atoms with Crippen LogP contribution in [0.25, 0.3) is 0 Å². The molecule has 96 valence electrons. The lowest BCUT2D eigenvalue weighted by Gasteiger charge is -2.12. The van der Waals surface area contributed by atoms with E-state index in [4.69, 9.17) is 16.3 Å². The largest absolute Gasteiger partial charge is 0.444 e. The van der Waals surface area contributed by atoms with Gasteiger partial charge in [-0.25, -0.2) is 9.78 Å². The predicted molar refractivity (Wildman–Crippen MR) is 62.3 cm³/mol. The molecule has 1 amide bonds. The van der Waals surface area contributed by atoms with E-state index in [9.17, 15) is 14.9 Å². The van der Waals surface area contributed by atoms with Crippen LogP contribution in [-0.2, 0) is 11.3 Å². The van der Waals surface area contributed by atoms with Gasteiger partial charge in [-0.05, 0) is 12.5 Å². The van der Waals surface area contributed by atoms with Gasteiger partial charge in [-0.15, -0.1) is 0 Å². The van der Waals surface area contributed by atoms with E-state index < -0.39 is 11.0 Å². The average Bonchev–Trinajstić information content (AvgIpc) is 2.60. The third kappa shape index (κ3) is 2.51. The number of hydrogen-bond acceptors (Lipinski definition) is 5. The van der Waals surface area contributed by atoms with Crippen molar-refractivity contribution in [1.29, 1.82) is 0 Å². The summed E-state index contributed by atoms with van der Waals surface area (Å²) in [6, 6.07) is 1.31. The molecule has 0 bridgehead atoms. The normalized spacial score (nSPS) is 18.9. The zero-order valence-corrected chi connectivity index (χ0v) is 10.3. The van der Waals surface area contributed by atoms with E-state index in [0.717, 1.165) is 0 Å². The molecule has 1 saturated heterocycles. The number of aromatic nitrogens is 1. The summed E-state index contributed by atoms with van der Waals surface area (Å²) in [4.78, 5) is 26.7. The van der Waals surface area contributed by atoms with E-state index >= 15 is 0 Å². The first-order chi connectivity index (χ1) is 8.47. The number of nitrogens with zero attached hydrogens (tertiary/aromatic N) is 3. The minimum absolute atomic E-state index is 0.166. The molecular weight excluding hydrogens is 262 g/mol. The molecule has 8 heteroatoms. The minimum atomic E-state index is -0.607. The Kier molecular flexibility index (Phi) is 3.33. The molecule has 1 aliphatic rings. The van der Waals surface area contributed by atoms with Crippen LogP contribution in [-0.4, -0.2) is 33.5 Å². The number of hydrogen-bond donors (Lipinski definition) is 0. The van der Waals surface area contributed by atoms with Crippen LogP contribution in [0, 0.1) is 10.1 Å². The number of pyridine rings is 1. The van der Waals surface area contributed by atoms with E-state index in [0.29, 0.717) is 12.1 Å². The second-order valence-corrected chi connectivity index (χ2v) is 4.34. The Morgan fingerprint density at radius 3 is 3.00 bits per heavy atom. The van der Waals surface area contributed by atoms with Crippen molar-refractivity contribution in [2.45, 2.75) is 19.6 Å². The first-order valence-corrected chi connectivity index (χ1v) is 5.59. The van der Waals surface area contributed by atoms with Crippen LogP contribution in [0.4, 0.5) is 10.5 Å². The zero-order chi connectivity index (χ0) is 13.3. The molecule has 1 aliphatic heterocycles. The molecule has 1 fully saturated rings. The third-order valence-corrected chi connectivity index (χ3v) is 2.78. The van der Waals surface area contributed by atoms with Gasteiger partial charge in [0.15, 0.2) is 0 Å². The second-order valence-electron chi connectivity index (χ2n) is 3.99. The quantitative estimate of drug-likeness (QED) is 0.477. The highest BCUT2D eigenvalue weighted by molar-refractivity contribution is 6.31. The first-order valence-electron chi connectivity index (χ1n) is 5.21. The second kappa shape index (κ2) is 4.77. The number of carbonyl (C=O) groups is 1. The lowest BCUT2D eigenvalue weighted by atomic mass is 10.2. The maximum absolute atomic E-state index is 11.4. The predicted octanol–water partition coefficient (Wildman–Crippen LogP) is 1.98. The molecule has 0 radical (unpaired) electrons. The van der Waals surface area contributed by atoms with Crippen molar-refractivity contribution in [1.82, 2.24) is 9.88 Å². The van der Waals surface area contributed by atoms with Crippen LogP contribution >= 0.6 is 11.6 Å². The number of nitro groups is 1. The first kappa shape index (κ1) is 12.6. The number of rotatable bonds is 3. The molecule has 0 aliphatic carbocycles. The molecule has 2 heterocycles. The summed E-state index contributed by atoms with van der Waals surface area (Å²) in [6.07, 6.45) is 0.804. The standard InChI is InChI=1S/C10H10ClN3O4/c1-6-4-13(10(15)18-6)5-7-2-8(14(16)17)9(11)12-3-7/h2-3,6H,4-5H2,1H3/t6-/m1/s1. The summed E-state index contributed by atoms with van der Waals surface area (Å²) in [5.41, 5.74) is 0.270. The number of ether oxygens (including phenoxy) is 1. The maximum Gasteiger partial charge on any atom is 0.410 e. The van der Waals surface area contributed by atoms with Crippen molar-refractivity contribution < 1.29 is 14.5 Å². The lowest BCUT2D eigenvalue weighted by molar-refractivity contribution is -0.385. The third-order valence-electron chi connectivity index (χ3n) is 2.49. The van der Waals surface area contributed by atoms with Gasteiger partial charge in [0.05, 0.1) is 18.0 Å². The Hall–Kier alpha value is -1.89. The molecule has 0 saturated carbocycles. The smallest absolute Gasteiger partial charge is 0.410 e. The van der Waals surface area contributed by atoms with Gasteiger partial charge in [-0.3, -0.25) is 10.1 Å². The summed E-state index contributed by atoms with van der Waals surface area (Å²) in [5, 5.41) is 10.5. The van der Waals surface area contributed by atoms with E-state index in [2.05, 4.69) is 4.98 Å². The summed E-state index contributed by atoms with van der Waals surface area (Å²) >= 11 is 5.60. The van der Waals surface area contributed by atoms with Crippen LogP contribution in [0.5, 0.6) is 0 Å². The van der Waals surface area contributed by atoms with E-state index in [-0.39, 0.29) is 23.5 Å². The summed E-state index contributed by atoms with van der Waals surface area (Å²) < 4.78 is 4.95. The lowest BCUT2D eigenvalue weighted by Crippen LogP contribution is -2.24. The molecule has 1 atom stereocenters. The Morgan fingerprint density at radius 1 is 1.72 bits per heavy atom. The fraction of sp³-hybridized carbons (Fsp3) is 0.400. The average molecular weight is 272 g/mol. The van der Waals surface area contributed by atoms with E-state index in [1.807, 2.05) is 0 Å². The van der Waals surface area contributed by atoms with Crippen molar-refractivity contribution in [2.75, 3.05) is 6.54 Å². The molecule has 1 aromatic heterocycles. The SMILES string of the molecule is C[C@@H]1CN(Cc2cnc(Cl)c([N+](=O)[O-])c2)C(=O)O1. The monoisotopic (exact) mass is 271 g/mol. The highest BCUT2D eigenvalue weighted by Crippen LogP contribution is 2.24. The molecule has 0 aromatic carbocycles. The number of amides is 1. The van der Waals surface area contributed by atoms with Gasteiger partial charge in [0.2, 0.25) is 5.15 Å². The fourth-order valence-corrected chi connectivity index (χ4v) is 1.88. The van der Waals surface area contributed by atoms with Gasteiger partial charge < -0.3 is 9.64 Å². The fourth-order valence-electron chi connectivity index (χ4n) is 1.71. The van der Waals surface area contributed by atoms with Gasteiger partial charge in [-0.2, -0.15) is 0 Å². The van der Waals surface area contributed by atoms with E-state index in [1.54, 1.807) is 6.92 Å². The summed E-state index contributed by atoms with van der Waals surface area (Å²) in [7, 11) is 0. The van der Waals surface area contributed by atoms with Crippen molar-refractivity contribution >= 4 is 23.4 Å². The molecule has 0 spiro atoms. The number of carbonyl (C=O) groups excluding carboxylic acids is 1. The minimum Gasteiger partial charge on any atom is -0.444 e. The van der Waals surface area contributed by atoms with Gasteiger partial charge in [0.1, 0.15) is 6.10 Å². The summed E-state index contributed by atoms with van der Waals surface area (Å²) in [6.45, 7) is 2.45. The molecular formula is C10H10ClN3O4. The van der Waals surface area contributed by atoms with Gasteiger partial charge in [0, 0.05) is 12.3 Å². The highest BCUT2D eigenvalue weighted by atomic mass is 35.5. The Bertz CT molecular complexity index is 508. The van der Waals surface area contributed by atoms with Crippen LogP contribution in [0.1, 0.15) is 12.5 Å². The Morgan fingerprint density at radius 2 is 2.44 bits per heavy atom. The number of halogens is 1. The van der Waals surface area contributed by atoms with Crippen molar-refractivity contribution in [2.24, 2.45) is 0 Å². The van der Waals surface area contributed by atoms with Gasteiger partial charge in [-0.1, -0.05) is 11.6 Å². The topological polar surface area (TPSA) is 85.6 Å². The molecule has 0 N–H and O–H groups in total. The molecule has 18 heavy (non-hydrogen) atoms.